The highest BCUT2D eigenvalue weighted by Crippen LogP contribution is 2.34. The van der Waals surface area contributed by atoms with Crippen LogP contribution < -0.4 is 14.8 Å². The third-order valence-electron chi connectivity index (χ3n) is 4.54. The van der Waals surface area contributed by atoms with Gasteiger partial charge in [-0.15, -0.1) is 0 Å². The summed E-state index contributed by atoms with van der Waals surface area (Å²) in [6.07, 6.45) is 6.83. The molecule has 4 nitrogen and oxygen atoms in total. The molecular weight excluding hydrogens is 264 g/mol. The molecule has 4 heteroatoms. The van der Waals surface area contributed by atoms with Crippen molar-refractivity contribution in [3.05, 3.63) is 23.8 Å². The maximum Gasteiger partial charge on any atom is 0.231 e. The minimum Gasteiger partial charge on any atom is -0.454 e. The van der Waals surface area contributed by atoms with Gasteiger partial charge in [0.25, 0.3) is 0 Å². The number of fused-ring (bicyclic) bond motifs is 1. The molecule has 3 rings (SSSR count). The van der Waals surface area contributed by atoms with Crippen LogP contribution in [0, 0.1) is 0 Å². The molecule has 0 amide bonds. The van der Waals surface area contributed by atoms with Crippen molar-refractivity contribution in [2.24, 2.45) is 0 Å². The first-order valence-electron chi connectivity index (χ1n) is 8.16. The molecule has 1 atom stereocenters. The van der Waals surface area contributed by atoms with Gasteiger partial charge >= 0.3 is 0 Å². The van der Waals surface area contributed by atoms with E-state index < -0.39 is 0 Å². The lowest BCUT2D eigenvalue weighted by Crippen LogP contribution is -2.35. The van der Waals surface area contributed by atoms with Gasteiger partial charge in [-0.2, -0.15) is 0 Å². The third-order valence-corrected chi connectivity index (χ3v) is 4.54. The normalized spacial score (nSPS) is 20.8. The van der Waals surface area contributed by atoms with Crippen LogP contribution in [0.5, 0.6) is 11.5 Å². The monoisotopic (exact) mass is 290 g/mol. The largest absolute Gasteiger partial charge is 0.454 e. The summed E-state index contributed by atoms with van der Waals surface area (Å²) in [6.45, 7) is 3.86. The van der Waals surface area contributed by atoms with Gasteiger partial charge in [-0.05, 0) is 50.7 Å². The van der Waals surface area contributed by atoms with Crippen molar-refractivity contribution in [3.8, 4) is 11.5 Å². The molecule has 1 N–H and O–H groups in total. The van der Waals surface area contributed by atoms with Crippen molar-refractivity contribution in [2.45, 2.75) is 38.1 Å². The van der Waals surface area contributed by atoms with Gasteiger partial charge in [-0.25, -0.2) is 0 Å². The molecule has 2 aliphatic rings. The SMILES string of the molecule is CNC(CN1CCCCCCC1)c1ccc2c(c1)OCO2. The first kappa shape index (κ1) is 14.7. The lowest BCUT2D eigenvalue weighted by molar-refractivity contribution is 0.174. The zero-order valence-corrected chi connectivity index (χ0v) is 12.9. The molecule has 1 saturated heterocycles. The predicted molar refractivity (Wildman–Crippen MR) is 83.9 cm³/mol. The first-order chi connectivity index (χ1) is 10.4. The zero-order chi connectivity index (χ0) is 14.5. The summed E-state index contributed by atoms with van der Waals surface area (Å²) in [5, 5.41) is 3.45. The molecule has 0 aromatic heterocycles. The molecule has 1 unspecified atom stereocenters. The van der Waals surface area contributed by atoms with Crippen LogP contribution in [0.3, 0.4) is 0 Å². The summed E-state index contributed by atoms with van der Waals surface area (Å²) in [7, 11) is 2.04. The Morgan fingerprint density at radius 3 is 2.52 bits per heavy atom. The molecule has 0 aliphatic carbocycles. The van der Waals surface area contributed by atoms with Crippen molar-refractivity contribution in [1.29, 1.82) is 0 Å². The number of likely N-dealkylation sites (N-methyl/N-ethyl adjacent to an activating group) is 1. The number of likely N-dealkylation sites (tertiary alicyclic amines) is 1. The van der Waals surface area contributed by atoms with E-state index >= 15 is 0 Å². The smallest absolute Gasteiger partial charge is 0.231 e. The number of hydrogen-bond donors (Lipinski definition) is 1. The van der Waals surface area contributed by atoms with E-state index in [0.717, 1.165) is 18.0 Å². The molecule has 1 fully saturated rings. The fraction of sp³-hybridized carbons (Fsp3) is 0.647. The second-order valence-electron chi connectivity index (χ2n) is 6.02. The number of nitrogens with zero attached hydrogens (tertiary/aromatic N) is 1. The minimum atomic E-state index is 0.342. The Hall–Kier alpha value is -1.26. The summed E-state index contributed by atoms with van der Waals surface area (Å²) in [6, 6.07) is 6.64. The van der Waals surface area contributed by atoms with E-state index in [-0.39, 0.29) is 0 Å². The Bertz CT molecular complexity index is 456. The molecule has 21 heavy (non-hydrogen) atoms. The average molecular weight is 290 g/mol. The number of ether oxygens (including phenoxy) is 2. The molecule has 2 aliphatic heterocycles. The van der Waals surface area contributed by atoms with Crippen LogP contribution in [-0.2, 0) is 0 Å². The van der Waals surface area contributed by atoms with Gasteiger partial charge in [0.05, 0.1) is 0 Å². The molecule has 0 radical (unpaired) electrons. The Kier molecular flexibility index (Phi) is 4.99. The summed E-state index contributed by atoms with van der Waals surface area (Å²) in [5.74, 6) is 1.74. The van der Waals surface area contributed by atoms with Gasteiger partial charge < -0.3 is 19.7 Å². The van der Waals surface area contributed by atoms with E-state index in [1.807, 2.05) is 13.1 Å². The van der Waals surface area contributed by atoms with Gasteiger partial charge in [0.2, 0.25) is 6.79 Å². The van der Waals surface area contributed by atoms with E-state index in [1.54, 1.807) is 0 Å². The van der Waals surface area contributed by atoms with Gasteiger partial charge in [-0.1, -0.05) is 25.3 Å². The standard InChI is InChI=1S/C17H26N2O2/c1-18-15(12-19-9-5-3-2-4-6-10-19)14-7-8-16-17(11-14)21-13-20-16/h7-8,11,15,18H,2-6,9-10,12-13H2,1H3. The van der Waals surface area contributed by atoms with Crippen molar-refractivity contribution in [3.63, 3.8) is 0 Å². The van der Waals surface area contributed by atoms with Crippen molar-refractivity contribution in [2.75, 3.05) is 33.5 Å². The summed E-state index contributed by atoms with van der Waals surface area (Å²) in [5.41, 5.74) is 1.28. The van der Waals surface area contributed by atoms with Crippen LogP contribution >= 0.6 is 0 Å². The van der Waals surface area contributed by atoms with Crippen LogP contribution in [0.1, 0.15) is 43.7 Å². The second-order valence-corrected chi connectivity index (χ2v) is 6.02. The molecule has 2 heterocycles. The molecule has 0 saturated carbocycles. The van der Waals surface area contributed by atoms with E-state index in [2.05, 4.69) is 22.3 Å². The number of benzene rings is 1. The van der Waals surface area contributed by atoms with Gasteiger partial charge in [0.15, 0.2) is 11.5 Å². The number of rotatable bonds is 4. The van der Waals surface area contributed by atoms with Gasteiger partial charge in [0.1, 0.15) is 0 Å². The Morgan fingerprint density at radius 1 is 1.05 bits per heavy atom. The second kappa shape index (κ2) is 7.14. The van der Waals surface area contributed by atoms with Gasteiger partial charge in [-0.3, -0.25) is 0 Å². The Balaban J connectivity index is 1.66. The lowest BCUT2D eigenvalue weighted by atomic mass is 10.0. The lowest BCUT2D eigenvalue weighted by Gasteiger charge is -2.29. The predicted octanol–water partition coefficient (Wildman–Crippen LogP) is 2.94. The minimum absolute atomic E-state index is 0.342. The molecular formula is C17H26N2O2. The van der Waals surface area contributed by atoms with Crippen LogP contribution in [0.2, 0.25) is 0 Å². The maximum absolute atomic E-state index is 5.50. The van der Waals surface area contributed by atoms with Crippen LogP contribution in [0.25, 0.3) is 0 Å². The summed E-state index contributed by atoms with van der Waals surface area (Å²) >= 11 is 0. The molecule has 0 bridgehead atoms. The highest BCUT2D eigenvalue weighted by Gasteiger charge is 2.19. The van der Waals surface area contributed by atoms with Crippen molar-refractivity contribution >= 4 is 0 Å². The Labute approximate surface area is 127 Å². The number of nitrogens with one attached hydrogen (secondary N) is 1. The molecule has 1 aromatic rings. The van der Waals surface area contributed by atoms with E-state index in [0.29, 0.717) is 12.8 Å². The topological polar surface area (TPSA) is 33.7 Å². The van der Waals surface area contributed by atoms with Crippen LogP contribution in [-0.4, -0.2) is 38.4 Å². The average Bonchev–Trinajstić information content (AvgIpc) is 2.93. The molecule has 0 spiro atoms. The third kappa shape index (κ3) is 3.69. The van der Waals surface area contributed by atoms with Crippen molar-refractivity contribution in [1.82, 2.24) is 10.2 Å². The van der Waals surface area contributed by atoms with E-state index in [4.69, 9.17) is 9.47 Å². The highest BCUT2D eigenvalue weighted by atomic mass is 16.7. The highest BCUT2D eigenvalue weighted by molar-refractivity contribution is 5.45. The number of hydrogen-bond acceptors (Lipinski definition) is 4. The Morgan fingerprint density at radius 2 is 1.76 bits per heavy atom. The molecule has 116 valence electrons. The van der Waals surface area contributed by atoms with E-state index in [9.17, 15) is 0 Å². The van der Waals surface area contributed by atoms with Crippen molar-refractivity contribution < 1.29 is 9.47 Å². The first-order valence-corrected chi connectivity index (χ1v) is 8.16. The summed E-state index contributed by atoms with van der Waals surface area (Å²) < 4.78 is 10.9. The summed E-state index contributed by atoms with van der Waals surface area (Å²) in [4.78, 5) is 2.60. The molecule has 1 aromatic carbocycles. The quantitative estimate of drug-likeness (QED) is 0.924. The van der Waals surface area contributed by atoms with Crippen LogP contribution in [0.15, 0.2) is 18.2 Å². The van der Waals surface area contributed by atoms with E-state index in [1.165, 1.54) is 50.8 Å². The maximum atomic E-state index is 5.50. The van der Waals surface area contributed by atoms with Crippen LogP contribution in [0.4, 0.5) is 0 Å². The fourth-order valence-corrected chi connectivity index (χ4v) is 3.25. The van der Waals surface area contributed by atoms with Gasteiger partial charge in [0, 0.05) is 12.6 Å². The fourth-order valence-electron chi connectivity index (χ4n) is 3.25. The zero-order valence-electron chi connectivity index (χ0n) is 12.9.